The smallest absolute Gasteiger partial charge is 0.243 e. The van der Waals surface area contributed by atoms with Gasteiger partial charge in [-0.1, -0.05) is 19.3 Å². The molecule has 1 aliphatic rings. The number of hydrogen-bond donors (Lipinski definition) is 2. The van der Waals surface area contributed by atoms with Crippen molar-refractivity contribution in [1.29, 1.82) is 0 Å². The third-order valence-corrected chi connectivity index (χ3v) is 4.71. The van der Waals surface area contributed by atoms with Gasteiger partial charge in [0.1, 0.15) is 10.7 Å². The Morgan fingerprint density at radius 3 is 2.56 bits per heavy atom. The maximum atomic E-state index is 13.5. The lowest BCUT2D eigenvalue weighted by Crippen LogP contribution is -2.36. The van der Waals surface area contributed by atoms with E-state index in [0.717, 1.165) is 44.2 Å². The number of benzene rings is 1. The van der Waals surface area contributed by atoms with Crippen LogP contribution < -0.4 is 10.5 Å². The number of halogens is 1. The highest BCUT2D eigenvalue weighted by molar-refractivity contribution is 7.89. The molecule has 6 heteroatoms. The molecule has 18 heavy (non-hydrogen) atoms. The van der Waals surface area contributed by atoms with Gasteiger partial charge in [0.15, 0.2) is 0 Å². The molecule has 0 bridgehead atoms. The molecule has 0 radical (unpaired) electrons. The Morgan fingerprint density at radius 2 is 1.89 bits per heavy atom. The van der Waals surface area contributed by atoms with Crippen LogP contribution in [0.3, 0.4) is 0 Å². The molecule has 1 aliphatic carbocycles. The summed E-state index contributed by atoms with van der Waals surface area (Å²) < 4.78 is 40.2. The van der Waals surface area contributed by atoms with E-state index in [1.54, 1.807) is 0 Å². The Morgan fingerprint density at radius 1 is 1.22 bits per heavy atom. The molecule has 1 aromatic rings. The van der Waals surface area contributed by atoms with Crippen molar-refractivity contribution < 1.29 is 12.8 Å². The third kappa shape index (κ3) is 3.00. The number of nitrogen functional groups attached to an aromatic ring is 1. The summed E-state index contributed by atoms with van der Waals surface area (Å²) in [5.41, 5.74) is 5.73. The first-order valence-corrected chi connectivity index (χ1v) is 7.55. The van der Waals surface area contributed by atoms with Gasteiger partial charge in [-0.05, 0) is 31.0 Å². The predicted molar refractivity (Wildman–Crippen MR) is 68.0 cm³/mol. The predicted octanol–water partition coefficient (Wildman–Crippen LogP) is 2.02. The summed E-state index contributed by atoms with van der Waals surface area (Å²) in [5, 5.41) is 0. The molecule has 100 valence electrons. The summed E-state index contributed by atoms with van der Waals surface area (Å²) in [6, 6.07) is 3.48. The number of sulfonamides is 1. The van der Waals surface area contributed by atoms with Crippen molar-refractivity contribution in [1.82, 2.24) is 4.72 Å². The second kappa shape index (κ2) is 5.24. The van der Waals surface area contributed by atoms with Crippen LogP contribution in [0.25, 0.3) is 0 Å². The fraction of sp³-hybridized carbons (Fsp3) is 0.500. The minimum atomic E-state index is -3.82. The molecule has 1 fully saturated rings. The number of hydrogen-bond acceptors (Lipinski definition) is 3. The second-order valence-electron chi connectivity index (χ2n) is 4.65. The van der Waals surface area contributed by atoms with Crippen LogP contribution in [0.15, 0.2) is 23.1 Å². The number of anilines is 1. The Labute approximate surface area is 106 Å². The Hall–Kier alpha value is -1.14. The fourth-order valence-electron chi connectivity index (χ4n) is 2.23. The molecule has 0 aromatic heterocycles. The first-order chi connectivity index (χ1) is 8.49. The number of rotatable bonds is 3. The maximum Gasteiger partial charge on any atom is 0.243 e. The average molecular weight is 272 g/mol. The molecular formula is C12H17FN2O2S. The van der Waals surface area contributed by atoms with Gasteiger partial charge < -0.3 is 5.73 Å². The fourth-order valence-corrected chi connectivity index (χ4v) is 3.65. The molecule has 0 aliphatic heterocycles. The molecule has 0 saturated heterocycles. The van der Waals surface area contributed by atoms with Gasteiger partial charge in [-0.2, -0.15) is 0 Å². The normalized spacial score (nSPS) is 17.8. The van der Waals surface area contributed by atoms with E-state index in [1.807, 2.05) is 0 Å². The minimum Gasteiger partial charge on any atom is -0.399 e. The van der Waals surface area contributed by atoms with Crippen LogP contribution in [0.4, 0.5) is 10.1 Å². The highest BCUT2D eigenvalue weighted by Crippen LogP contribution is 2.22. The molecular weight excluding hydrogens is 255 g/mol. The third-order valence-electron chi connectivity index (χ3n) is 3.17. The second-order valence-corrected chi connectivity index (χ2v) is 6.33. The van der Waals surface area contributed by atoms with Gasteiger partial charge in [-0.25, -0.2) is 17.5 Å². The molecule has 1 saturated carbocycles. The largest absolute Gasteiger partial charge is 0.399 e. The highest BCUT2D eigenvalue weighted by atomic mass is 32.2. The quantitative estimate of drug-likeness (QED) is 0.827. The Balaban J connectivity index is 2.21. The summed E-state index contributed by atoms with van der Waals surface area (Å²) in [7, 11) is -3.82. The van der Waals surface area contributed by atoms with Crippen LogP contribution in [0.2, 0.25) is 0 Å². The zero-order valence-electron chi connectivity index (χ0n) is 10.0. The SMILES string of the molecule is Nc1ccc(F)c(S(=O)(=O)NC2CCCCC2)c1. The lowest BCUT2D eigenvalue weighted by molar-refractivity contribution is 0.411. The molecule has 4 nitrogen and oxygen atoms in total. The van der Waals surface area contributed by atoms with E-state index in [-0.39, 0.29) is 16.6 Å². The van der Waals surface area contributed by atoms with Gasteiger partial charge in [-0.3, -0.25) is 0 Å². The summed E-state index contributed by atoms with van der Waals surface area (Å²) >= 11 is 0. The Kier molecular flexibility index (Phi) is 3.87. The Bertz CT molecular complexity index is 525. The van der Waals surface area contributed by atoms with Crippen LogP contribution >= 0.6 is 0 Å². The first-order valence-electron chi connectivity index (χ1n) is 6.06. The minimum absolute atomic E-state index is 0.0930. The maximum absolute atomic E-state index is 13.5. The lowest BCUT2D eigenvalue weighted by Gasteiger charge is -2.22. The van der Waals surface area contributed by atoms with Gasteiger partial charge in [0, 0.05) is 11.7 Å². The van der Waals surface area contributed by atoms with E-state index in [0.29, 0.717) is 0 Å². The molecule has 0 spiro atoms. The summed E-state index contributed by atoms with van der Waals surface area (Å²) in [5.74, 6) is -0.771. The molecule has 0 amide bonds. The summed E-state index contributed by atoms with van der Waals surface area (Å²) in [4.78, 5) is -0.368. The zero-order chi connectivity index (χ0) is 13.2. The van der Waals surface area contributed by atoms with E-state index in [9.17, 15) is 12.8 Å². The van der Waals surface area contributed by atoms with Crippen LogP contribution in [-0.4, -0.2) is 14.5 Å². The summed E-state index contributed by atoms with van der Waals surface area (Å²) in [6.07, 6.45) is 4.76. The molecule has 2 rings (SSSR count). The standard InChI is InChI=1S/C12H17FN2O2S/c13-11-7-6-9(14)8-12(11)18(16,17)15-10-4-2-1-3-5-10/h6-8,10,15H,1-5,14H2. The van der Waals surface area contributed by atoms with Crippen LogP contribution in [0, 0.1) is 5.82 Å². The van der Waals surface area contributed by atoms with Crippen molar-refractivity contribution >= 4 is 15.7 Å². The molecule has 0 atom stereocenters. The van der Waals surface area contributed by atoms with Crippen molar-refractivity contribution in [2.24, 2.45) is 0 Å². The monoisotopic (exact) mass is 272 g/mol. The molecule has 1 aromatic carbocycles. The van der Waals surface area contributed by atoms with E-state index >= 15 is 0 Å². The van der Waals surface area contributed by atoms with E-state index in [2.05, 4.69) is 4.72 Å². The van der Waals surface area contributed by atoms with Gasteiger partial charge in [0.2, 0.25) is 10.0 Å². The van der Waals surface area contributed by atoms with Crippen molar-refractivity contribution in [3.8, 4) is 0 Å². The first kappa shape index (κ1) is 13.3. The van der Waals surface area contributed by atoms with Crippen molar-refractivity contribution in [2.75, 3.05) is 5.73 Å². The van der Waals surface area contributed by atoms with Crippen molar-refractivity contribution in [3.05, 3.63) is 24.0 Å². The summed E-state index contributed by atoms with van der Waals surface area (Å²) in [6.45, 7) is 0. The van der Waals surface area contributed by atoms with Crippen molar-refractivity contribution in [3.63, 3.8) is 0 Å². The van der Waals surface area contributed by atoms with Crippen LogP contribution in [-0.2, 0) is 10.0 Å². The van der Waals surface area contributed by atoms with Crippen molar-refractivity contribution in [2.45, 2.75) is 43.0 Å². The number of nitrogens with one attached hydrogen (secondary N) is 1. The topological polar surface area (TPSA) is 72.2 Å². The average Bonchev–Trinajstić information content (AvgIpc) is 2.33. The van der Waals surface area contributed by atoms with E-state index < -0.39 is 15.8 Å². The van der Waals surface area contributed by atoms with Gasteiger partial charge >= 0.3 is 0 Å². The van der Waals surface area contributed by atoms with Crippen LogP contribution in [0.1, 0.15) is 32.1 Å². The van der Waals surface area contributed by atoms with Crippen LogP contribution in [0.5, 0.6) is 0 Å². The van der Waals surface area contributed by atoms with Gasteiger partial charge in [0.05, 0.1) is 0 Å². The molecule has 0 unspecified atom stereocenters. The molecule has 0 heterocycles. The molecule has 3 N–H and O–H groups in total. The van der Waals surface area contributed by atoms with Gasteiger partial charge in [0.25, 0.3) is 0 Å². The van der Waals surface area contributed by atoms with Gasteiger partial charge in [-0.15, -0.1) is 0 Å². The zero-order valence-corrected chi connectivity index (χ0v) is 10.8. The lowest BCUT2D eigenvalue weighted by atomic mass is 9.96. The van der Waals surface area contributed by atoms with E-state index in [1.165, 1.54) is 6.07 Å². The number of nitrogens with two attached hydrogens (primary N) is 1. The highest BCUT2D eigenvalue weighted by Gasteiger charge is 2.24. The van der Waals surface area contributed by atoms with E-state index in [4.69, 9.17) is 5.73 Å².